The number of fused-ring (bicyclic) bond motifs is 5. The lowest BCUT2D eigenvalue weighted by Crippen LogP contribution is -2.41. The van der Waals surface area contributed by atoms with Gasteiger partial charge in [-0.3, -0.25) is 0 Å². The van der Waals surface area contributed by atoms with Gasteiger partial charge in [0.1, 0.15) is 6.61 Å². The summed E-state index contributed by atoms with van der Waals surface area (Å²) in [5.41, 5.74) is 2.33. The summed E-state index contributed by atoms with van der Waals surface area (Å²) in [5.74, 6) is 0.304. The van der Waals surface area contributed by atoms with Gasteiger partial charge in [0, 0.05) is 19.0 Å². The van der Waals surface area contributed by atoms with Gasteiger partial charge in [0.2, 0.25) is 0 Å². The number of ether oxygens (including phenoxy) is 2. The number of benzene rings is 1. The molecule has 1 saturated heterocycles. The van der Waals surface area contributed by atoms with Gasteiger partial charge in [-0.1, -0.05) is 48.6 Å². The van der Waals surface area contributed by atoms with E-state index in [1.807, 2.05) is 30.3 Å². The van der Waals surface area contributed by atoms with Crippen molar-refractivity contribution in [3.63, 3.8) is 0 Å². The molecule has 3 heterocycles. The van der Waals surface area contributed by atoms with E-state index < -0.39 is 0 Å². The predicted molar refractivity (Wildman–Crippen MR) is 77.6 cm³/mol. The van der Waals surface area contributed by atoms with Gasteiger partial charge in [0.25, 0.3) is 0 Å². The Morgan fingerprint density at radius 3 is 3.00 bits per heavy atom. The van der Waals surface area contributed by atoms with E-state index in [1.54, 1.807) is 4.90 Å². The monoisotopic (exact) mass is 283 g/mol. The fraction of sp³-hybridized carbons (Fsp3) is 0.353. The molecule has 0 N–H and O–H groups in total. The normalized spacial score (nSPS) is 29.2. The van der Waals surface area contributed by atoms with Crippen LogP contribution < -0.4 is 0 Å². The third-order valence-corrected chi connectivity index (χ3v) is 4.36. The Balaban J connectivity index is 1.38. The van der Waals surface area contributed by atoms with Crippen LogP contribution in [-0.2, 0) is 16.1 Å². The summed E-state index contributed by atoms with van der Waals surface area (Å²) < 4.78 is 11.2. The van der Waals surface area contributed by atoms with Crippen molar-refractivity contribution in [2.24, 2.45) is 5.92 Å². The van der Waals surface area contributed by atoms with E-state index in [4.69, 9.17) is 9.47 Å². The molecule has 0 spiro atoms. The lowest BCUT2D eigenvalue weighted by atomic mass is 9.86. The number of amides is 1. The quantitative estimate of drug-likeness (QED) is 0.783. The maximum atomic E-state index is 12.2. The minimum Gasteiger partial charge on any atom is -0.445 e. The summed E-state index contributed by atoms with van der Waals surface area (Å²) >= 11 is 0. The molecule has 3 aliphatic heterocycles. The van der Waals surface area contributed by atoms with Crippen LogP contribution in [0.25, 0.3) is 0 Å². The molecular weight excluding hydrogens is 266 g/mol. The van der Waals surface area contributed by atoms with Crippen LogP contribution in [-0.4, -0.2) is 36.3 Å². The Morgan fingerprint density at radius 2 is 2.14 bits per heavy atom. The minimum absolute atomic E-state index is 0.131. The van der Waals surface area contributed by atoms with Crippen LogP contribution in [0.4, 0.5) is 4.79 Å². The topological polar surface area (TPSA) is 38.8 Å². The number of carbonyl (C=O) groups is 1. The Hall–Kier alpha value is -2.07. The van der Waals surface area contributed by atoms with Gasteiger partial charge in [-0.25, -0.2) is 4.79 Å². The summed E-state index contributed by atoms with van der Waals surface area (Å²) in [6.45, 7) is 1.62. The highest BCUT2D eigenvalue weighted by Crippen LogP contribution is 2.40. The van der Waals surface area contributed by atoms with Crippen molar-refractivity contribution < 1.29 is 14.3 Å². The fourth-order valence-electron chi connectivity index (χ4n) is 3.25. The first kappa shape index (κ1) is 12.7. The molecule has 4 nitrogen and oxygen atoms in total. The molecule has 1 amide bonds. The Kier molecular flexibility index (Phi) is 3.04. The zero-order valence-electron chi connectivity index (χ0n) is 11.6. The van der Waals surface area contributed by atoms with E-state index in [-0.39, 0.29) is 18.3 Å². The molecule has 0 aliphatic carbocycles. The van der Waals surface area contributed by atoms with Crippen molar-refractivity contribution >= 4 is 6.09 Å². The third-order valence-electron chi connectivity index (χ3n) is 4.36. The van der Waals surface area contributed by atoms with E-state index in [0.29, 0.717) is 25.6 Å². The number of rotatable bonds is 2. The molecule has 0 saturated carbocycles. The molecule has 4 heteroatoms. The molecule has 0 aromatic heterocycles. The molecule has 4 rings (SSSR count). The number of hydrogen-bond acceptors (Lipinski definition) is 3. The number of hydrogen-bond donors (Lipinski definition) is 0. The van der Waals surface area contributed by atoms with E-state index in [0.717, 1.165) is 5.56 Å². The smallest absolute Gasteiger partial charge is 0.410 e. The lowest BCUT2D eigenvalue weighted by Gasteiger charge is -2.31. The second kappa shape index (κ2) is 5.04. The van der Waals surface area contributed by atoms with Gasteiger partial charge >= 0.3 is 6.09 Å². The second-order valence-electron chi connectivity index (χ2n) is 5.66. The minimum atomic E-state index is -0.249. The standard InChI is InChI=1S/C17H17NO3/c19-17(20-11-12-4-2-1-3-5-12)18-9-8-13-14(10-18)16-7-6-15(13)21-16/h1-8,14-16H,9-11H2/t14-,15+,16-/m1/s1. The molecule has 2 bridgehead atoms. The second-order valence-corrected chi connectivity index (χ2v) is 5.66. The first-order chi connectivity index (χ1) is 10.3. The molecule has 1 fully saturated rings. The first-order valence-electron chi connectivity index (χ1n) is 7.30. The van der Waals surface area contributed by atoms with E-state index in [9.17, 15) is 4.79 Å². The largest absolute Gasteiger partial charge is 0.445 e. The van der Waals surface area contributed by atoms with Crippen molar-refractivity contribution in [2.75, 3.05) is 13.1 Å². The van der Waals surface area contributed by atoms with Gasteiger partial charge in [0.15, 0.2) is 0 Å². The molecule has 3 aliphatic rings. The summed E-state index contributed by atoms with van der Waals surface area (Å²) in [4.78, 5) is 13.9. The maximum Gasteiger partial charge on any atom is 0.410 e. The molecule has 3 atom stereocenters. The number of nitrogens with zero attached hydrogens (tertiary/aromatic N) is 1. The molecule has 0 unspecified atom stereocenters. The SMILES string of the molecule is O=C(OCc1ccccc1)N1CC=C2[C@@H]3C=C[C@@H](O3)[C@@H]2C1. The highest BCUT2D eigenvalue weighted by Gasteiger charge is 2.44. The lowest BCUT2D eigenvalue weighted by molar-refractivity contribution is 0.0809. The third kappa shape index (κ3) is 2.25. The van der Waals surface area contributed by atoms with Crippen LogP contribution in [0.3, 0.4) is 0 Å². The molecule has 108 valence electrons. The van der Waals surface area contributed by atoms with Crippen LogP contribution in [0.1, 0.15) is 5.56 Å². The van der Waals surface area contributed by atoms with Gasteiger partial charge in [-0.2, -0.15) is 0 Å². The highest BCUT2D eigenvalue weighted by atomic mass is 16.6. The Bertz CT molecular complexity index is 608. The molecule has 21 heavy (non-hydrogen) atoms. The van der Waals surface area contributed by atoms with Gasteiger partial charge < -0.3 is 14.4 Å². The van der Waals surface area contributed by atoms with E-state index in [2.05, 4.69) is 18.2 Å². The summed E-state index contributed by atoms with van der Waals surface area (Å²) in [6.07, 6.45) is 6.35. The zero-order chi connectivity index (χ0) is 14.2. The first-order valence-corrected chi connectivity index (χ1v) is 7.30. The highest BCUT2D eigenvalue weighted by molar-refractivity contribution is 5.68. The summed E-state index contributed by atoms with van der Waals surface area (Å²) in [7, 11) is 0. The van der Waals surface area contributed by atoms with Gasteiger partial charge in [0.05, 0.1) is 12.2 Å². The zero-order valence-corrected chi connectivity index (χ0v) is 11.6. The summed E-state index contributed by atoms with van der Waals surface area (Å²) in [5, 5.41) is 0. The van der Waals surface area contributed by atoms with E-state index in [1.165, 1.54) is 5.57 Å². The molecule has 1 aromatic carbocycles. The predicted octanol–water partition coefficient (Wildman–Crippen LogP) is 2.52. The van der Waals surface area contributed by atoms with Crippen molar-refractivity contribution in [3.8, 4) is 0 Å². The van der Waals surface area contributed by atoms with Crippen molar-refractivity contribution in [3.05, 3.63) is 59.7 Å². The molecule has 0 radical (unpaired) electrons. The van der Waals surface area contributed by atoms with Crippen LogP contribution in [0.15, 0.2) is 54.1 Å². The maximum absolute atomic E-state index is 12.2. The van der Waals surface area contributed by atoms with E-state index >= 15 is 0 Å². The van der Waals surface area contributed by atoms with Crippen LogP contribution in [0.2, 0.25) is 0 Å². The Labute approximate surface area is 123 Å². The van der Waals surface area contributed by atoms with Crippen molar-refractivity contribution in [1.29, 1.82) is 0 Å². The van der Waals surface area contributed by atoms with Gasteiger partial charge in [-0.15, -0.1) is 0 Å². The average molecular weight is 283 g/mol. The molecular formula is C17H17NO3. The van der Waals surface area contributed by atoms with Crippen LogP contribution >= 0.6 is 0 Å². The Morgan fingerprint density at radius 1 is 1.29 bits per heavy atom. The van der Waals surface area contributed by atoms with Crippen LogP contribution in [0, 0.1) is 5.92 Å². The fourth-order valence-corrected chi connectivity index (χ4v) is 3.25. The van der Waals surface area contributed by atoms with Gasteiger partial charge in [-0.05, 0) is 11.1 Å². The van der Waals surface area contributed by atoms with Crippen LogP contribution in [0.5, 0.6) is 0 Å². The number of carbonyl (C=O) groups excluding carboxylic acids is 1. The van der Waals surface area contributed by atoms with Crippen molar-refractivity contribution in [1.82, 2.24) is 4.90 Å². The average Bonchev–Trinajstić information content (AvgIpc) is 3.15. The summed E-state index contributed by atoms with van der Waals surface area (Å²) in [6, 6.07) is 9.74. The molecule has 1 aromatic rings. The van der Waals surface area contributed by atoms with Crippen molar-refractivity contribution in [2.45, 2.75) is 18.8 Å².